The molecule has 1 aliphatic rings. The molecular formula is C15H22N4. The lowest BCUT2D eigenvalue weighted by Crippen LogP contribution is -2.53. The number of nitrogens with one attached hydrogen (secondary N) is 2. The molecule has 0 amide bonds. The highest BCUT2D eigenvalue weighted by Crippen LogP contribution is 2.25. The van der Waals surface area contributed by atoms with Crippen LogP contribution in [-0.4, -0.2) is 56.2 Å². The number of hydrogen-bond acceptors (Lipinski definition) is 3. The van der Waals surface area contributed by atoms with Gasteiger partial charge in [-0.05, 0) is 13.1 Å². The Balaban J connectivity index is 1.74. The summed E-state index contributed by atoms with van der Waals surface area (Å²) in [4.78, 5) is 8.08. The summed E-state index contributed by atoms with van der Waals surface area (Å²) in [6.07, 6.45) is 2.11. The summed E-state index contributed by atoms with van der Waals surface area (Å²) in [7, 11) is 4.37. The molecule has 2 aromatic rings. The molecule has 1 aliphatic heterocycles. The molecule has 19 heavy (non-hydrogen) atoms. The van der Waals surface area contributed by atoms with Crippen LogP contribution >= 0.6 is 0 Å². The Morgan fingerprint density at radius 2 is 2.21 bits per heavy atom. The number of nitrogens with zero attached hydrogens (tertiary/aromatic N) is 2. The highest BCUT2D eigenvalue weighted by atomic mass is 15.2. The fraction of sp³-hybridized carbons (Fsp3) is 0.467. The summed E-state index contributed by atoms with van der Waals surface area (Å²) in [5, 5.41) is 4.90. The van der Waals surface area contributed by atoms with Gasteiger partial charge in [0.05, 0.1) is 5.69 Å². The van der Waals surface area contributed by atoms with Crippen molar-refractivity contribution in [2.45, 2.75) is 6.04 Å². The Morgan fingerprint density at radius 3 is 3.05 bits per heavy atom. The number of H-pyrrole nitrogens is 1. The van der Waals surface area contributed by atoms with Crippen LogP contribution in [0.4, 0.5) is 5.69 Å². The van der Waals surface area contributed by atoms with Crippen molar-refractivity contribution in [3.8, 4) is 0 Å². The van der Waals surface area contributed by atoms with E-state index in [1.165, 1.54) is 16.6 Å². The number of hydrogen-bond donors (Lipinski definition) is 2. The molecule has 1 fully saturated rings. The van der Waals surface area contributed by atoms with E-state index in [4.69, 9.17) is 0 Å². The third-order valence-electron chi connectivity index (χ3n) is 3.93. The number of fused-ring (bicyclic) bond motifs is 1. The summed E-state index contributed by atoms with van der Waals surface area (Å²) in [6.45, 7) is 4.38. The molecule has 0 aliphatic carbocycles. The molecule has 0 saturated carbocycles. The van der Waals surface area contributed by atoms with E-state index >= 15 is 0 Å². The summed E-state index contributed by atoms with van der Waals surface area (Å²) in [5.41, 5.74) is 2.49. The van der Waals surface area contributed by atoms with Gasteiger partial charge in [0.1, 0.15) is 0 Å². The first-order valence-electron chi connectivity index (χ1n) is 6.93. The Kier molecular flexibility index (Phi) is 3.44. The van der Waals surface area contributed by atoms with Gasteiger partial charge in [-0.25, -0.2) is 0 Å². The van der Waals surface area contributed by atoms with Gasteiger partial charge < -0.3 is 20.1 Å². The fourth-order valence-corrected chi connectivity index (χ4v) is 2.91. The molecule has 2 N–H and O–H groups in total. The second-order valence-corrected chi connectivity index (χ2v) is 5.51. The van der Waals surface area contributed by atoms with Gasteiger partial charge in [-0.15, -0.1) is 0 Å². The van der Waals surface area contributed by atoms with Crippen LogP contribution in [0.15, 0.2) is 30.5 Å². The topological polar surface area (TPSA) is 34.3 Å². The molecular weight excluding hydrogens is 236 g/mol. The summed E-state index contributed by atoms with van der Waals surface area (Å²) in [6, 6.07) is 9.01. The van der Waals surface area contributed by atoms with E-state index in [0.29, 0.717) is 6.04 Å². The van der Waals surface area contributed by atoms with Gasteiger partial charge in [0, 0.05) is 56.4 Å². The Bertz CT molecular complexity index is 548. The Hall–Kier alpha value is -1.52. The molecule has 0 spiro atoms. The number of aromatic amines is 1. The first kappa shape index (κ1) is 12.5. The van der Waals surface area contributed by atoms with Gasteiger partial charge in [0.15, 0.2) is 0 Å². The summed E-state index contributed by atoms with van der Waals surface area (Å²) < 4.78 is 0. The molecule has 0 radical (unpaired) electrons. The van der Waals surface area contributed by atoms with Crippen molar-refractivity contribution in [2.24, 2.45) is 0 Å². The van der Waals surface area contributed by atoms with Crippen molar-refractivity contribution in [3.63, 3.8) is 0 Å². The van der Waals surface area contributed by atoms with Crippen LogP contribution in [0.3, 0.4) is 0 Å². The zero-order chi connectivity index (χ0) is 13.2. The Labute approximate surface area is 114 Å². The number of likely N-dealkylation sites (N-methyl/N-ethyl adjacent to an activating group) is 2. The molecule has 1 unspecified atom stereocenters. The smallest absolute Gasteiger partial charge is 0.0621 e. The van der Waals surface area contributed by atoms with Gasteiger partial charge in [-0.2, -0.15) is 0 Å². The molecule has 4 nitrogen and oxygen atoms in total. The lowest BCUT2D eigenvalue weighted by Gasteiger charge is -2.33. The average Bonchev–Trinajstić information content (AvgIpc) is 2.82. The molecule has 1 atom stereocenters. The van der Waals surface area contributed by atoms with E-state index in [2.05, 4.69) is 64.7 Å². The summed E-state index contributed by atoms with van der Waals surface area (Å²) >= 11 is 0. The Morgan fingerprint density at radius 1 is 1.37 bits per heavy atom. The predicted octanol–water partition coefficient (Wildman–Crippen LogP) is 1.51. The molecule has 2 heterocycles. The molecule has 0 bridgehead atoms. The van der Waals surface area contributed by atoms with Crippen molar-refractivity contribution in [1.29, 1.82) is 0 Å². The van der Waals surface area contributed by atoms with E-state index < -0.39 is 0 Å². The zero-order valence-electron chi connectivity index (χ0n) is 11.7. The zero-order valence-corrected chi connectivity index (χ0v) is 11.7. The normalized spacial score (nSPS) is 20.8. The number of aromatic nitrogens is 1. The number of para-hydroxylation sites is 1. The monoisotopic (exact) mass is 258 g/mol. The first-order chi connectivity index (χ1) is 9.24. The van der Waals surface area contributed by atoms with Gasteiger partial charge in [0.2, 0.25) is 0 Å². The van der Waals surface area contributed by atoms with Crippen LogP contribution in [0.25, 0.3) is 10.9 Å². The maximum Gasteiger partial charge on any atom is 0.0621 e. The maximum absolute atomic E-state index is 3.60. The van der Waals surface area contributed by atoms with Crippen LogP contribution in [0.5, 0.6) is 0 Å². The van der Waals surface area contributed by atoms with Crippen molar-refractivity contribution in [1.82, 2.24) is 15.2 Å². The summed E-state index contributed by atoms with van der Waals surface area (Å²) in [5.74, 6) is 0. The first-order valence-corrected chi connectivity index (χ1v) is 6.93. The molecule has 1 saturated heterocycles. The van der Waals surface area contributed by atoms with E-state index in [1.807, 2.05) is 0 Å². The minimum Gasteiger partial charge on any atom is -0.371 e. The van der Waals surface area contributed by atoms with Crippen LogP contribution in [0.2, 0.25) is 0 Å². The van der Waals surface area contributed by atoms with Crippen LogP contribution in [0.1, 0.15) is 0 Å². The van der Waals surface area contributed by atoms with Crippen molar-refractivity contribution >= 4 is 16.6 Å². The minimum atomic E-state index is 0.539. The van der Waals surface area contributed by atoms with E-state index in [0.717, 1.165) is 26.2 Å². The molecule has 1 aromatic heterocycles. The van der Waals surface area contributed by atoms with Crippen LogP contribution in [-0.2, 0) is 0 Å². The quantitative estimate of drug-likeness (QED) is 0.876. The third-order valence-corrected chi connectivity index (χ3v) is 3.93. The second-order valence-electron chi connectivity index (χ2n) is 5.51. The average molecular weight is 258 g/mol. The van der Waals surface area contributed by atoms with Gasteiger partial charge in [0.25, 0.3) is 0 Å². The van der Waals surface area contributed by atoms with Crippen LogP contribution < -0.4 is 10.2 Å². The predicted molar refractivity (Wildman–Crippen MR) is 80.9 cm³/mol. The fourth-order valence-electron chi connectivity index (χ4n) is 2.91. The third kappa shape index (κ3) is 2.60. The van der Waals surface area contributed by atoms with E-state index in [-0.39, 0.29) is 0 Å². The lowest BCUT2D eigenvalue weighted by atomic mass is 10.2. The highest BCUT2D eigenvalue weighted by molar-refractivity contribution is 5.92. The van der Waals surface area contributed by atoms with Gasteiger partial charge >= 0.3 is 0 Å². The second kappa shape index (κ2) is 5.23. The van der Waals surface area contributed by atoms with Crippen molar-refractivity contribution < 1.29 is 0 Å². The number of benzene rings is 1. The largest absolute Gasteiger partial charge is 0.371 e. The SMILES string of the molecule is CN1CCNC(CN(C)c2c[nH]c3ccccc23)C1. The van der Waals surface area contributed by atoms with E-state index in [1.54, 1.807) is 0 Å². The van der Waals surface area contributed by atoms with Crippen molar-refractivity contribution in [2.75, 3.05) is 45.2 Å². The lowest BCUT2D eigenvalue weighted by molar-refractivity contribution is 0.241. The number of piperazine rings is 1. The standard InChI is InChI=1S/C15H22N4/c1-18-8-7-16-12(10-18)11-19(2)15-9-17-14-6-4-3-5-13(14)15/h3-6,9,12,16-17H,7-8,10-11H2,1-2H3. The molecule has 102 valence electrons. The minimum absolute atomic E-state index is 0.539. The highest BCUT2D eigenvalue weighted by Gasteiger charge is 2.19. The van der Waals surface area contributed by atoms with Crippen molar-refractivity contribution in [3.05, 3.63) is 30.5 Å². The molecule has 4 heteroatoms. The number of anilines is 1. The molecule has 3 rings (SSSR count). The molecule has 1 aromatic carbocycles. The number of rotatable bonds is 3. The maximum atomic E-state index is 3.60. The van der Waals surface area contributed by atoms with Crippen LogP contribution in [0, 0.1) is 0 Å². The van der Waals surface area contributed by atoms with E-state index in [9.17, 15) is 0 Å². The van der Waals surface area contributed by atoms with Gasteiger partial charge in [-0.3, -0.25) is 0 Å². The van der Waals surface area contributed by atoms with Gasteiger partial charge in [-0.1, -0.05) is 18.2 Å².